The molecule has 2 aromatic carbocycles. The topological polar surface area (TPSA) is 71.5 Å². The van der Waals surface area contributed by atoms with E-state index >= 15 is 0 Å². The highest BCUT2D eigenvalue weighted by Gasteiger charge is 2.11. The first-order valence-electron chi connectivity index (χ1n) is 9.72. The van der Waals surface area contributed by atoms with E-state index in [2.05, 4.69) is 39.3 Å². The maximum atomic E-state index is 14.1. The molecule has 2 N–H and O–H groups in total. The van der Waals surface area contributed by atoms with Crippen molar-refractivity contribution < 1.29 is 13.9 Å². The third-order valence-corrected chi connectivity index (χ3v) is 4.57. The van der Waals surface area contributed by atoms with Crippen molar-refractivity contribution in [2.45, 2.75) is 13.8 Å². The van der Waals surface area contributed by atoms with Gasteiger partial charge in [0.2, 0.25) is 5.95 Å². The van der Waals surface area contributed by atoms with Gasteiger partial charge in [0.15, 0.2) is 11.6 Å². The predicted octanol–water partition coefficient (Wildman–Crippen LogP) is 4.97. The Morgan fingerprint density at radius 3 is 2.17 bits per heavy atom. The molecule has 0 amide bonds. The molecule has 0 spiro atoms. The van der Waals surface area contributed by atoms with Crippen LogP contribution in [0.4, 0.5) is 33.3 Å². The van der Waals surface area contributed by atoms with Gasteiger partial charge < -0.3 is 25.0 Å². The molecular weight excluding hydrogens is 385 g/mol. The molecule has 0 saturated heterocycles. The molecule has 3 aromatic rings. The SMILES string of the molecule is CCN(CC)c1cc(Nc2ccc(OC)c(F)c2)nc(Nc2ccc(OC)cc2)n1. The summed E-state index contributed by atoms with van der Waals surface area (Å²) < 4.78 is 24.2. The standard InChI is InChI=1S/C22H26FN5O2/c1-5-28(6-2)21-14-20(24-16-9-12-19(30-4)18(23)13-16)26-22(27-21)25-15-7-10-17(29-3)11-8-15/h7-14H,5-6H2,1-4H3,(H2,24,25,26,27). The van der Waals surface area contributed by atoms with Gasteiger partial charge in [0.05, 0.1) is 14.2 Å². The van der Waals surface area contributed by atoms with Gasteiger partial charge in [-0.2, -0.15) is 9.97 Å². The molecule has 0 aliphatic rings. The number of ether oxygens (including phenoxy) is 2. The van der Waals surface area contributed by atoms with Gasteiger partial charge in [-0.25, -0.2) is 4.39 Å². The molecule has 0 radical (unpaired) electrons. The highest BCUT2D eigenvalue weighted by atomic mass is 19.1. The average Bonchev–Trinajstić information content (AvgIpc) is 2.75. The predicted molar refractivity (Wildman–Crippen MR) is 118 cm³/mol. The fourth-order valence-electron chi connectivity index (χ4n) is 2.96. The summed E-state index contributed by atoms with van der Waals surface area (Å²) in [6.07, 6.45) is 0. The summed E-state index contributed by atoms with van der Waals surface area (Å²) in [7, 11) is 3.06. The highest BCUT2D eigenvalue weighted by Crippen LogP contribution is 2.26. The van der Waals surface area contributed by atoms with E-state index in [-0.39, 0.29) is 5.75 Å². The smallest absolute Gasteiger partial charge is 0.231 e. The van der Waals surface area contributed by atoms with Gasteiger partial charge in [0.25, 0.3) is 0 Å². The molecule has 0 bridgehead atoms. The van der Waals surface area contributed by atoms with Crippen molar-refractivity contribution >= 4 is 29.0 Å². The molecule has 0 atom stereocenters. The molecule has 158 valence electrons. The van der Waals surface area contributed by atoms with Crippen LogP contribution >= 0.6 is 0 Å². The Hall–Kier alpha value is -3.55. The Bertz CT molecular complexity index is 978. The summed E-state index contributed by atoms with van der Waals surface area (Å²) >= 11 is 0. The quantitative estimate of drug-likeness (QED) is 0.515. The first-order valence-corrected chi connectivity index (χ1v) is 9.72. The van der Waals surface area contributed by atoms with Gasteiger partial charge in [-0.1, -0.05) is 0 Å². The van der Waals surface area contributed by atoms with Crippen LogP contribution in [0.3, 0.4) is 0 Å². The number of anilines is 5. The molecule has 0 aliphatic heterocycles. The van der Waals surface area contributed by atoms with Crippen LogP contribution in [0.5, 0.6) is 11.5 Å². The molecule has 8 heteroatoms. The maximum Gasteiger partial charge on any atom is 0.231 e. The van der Waals surface area contributed by atoms with E-state index in [4.69, 9.17) is 9.47 Å². The Kier molecular flexibility index (Phi) is 6.90. The number of nitrogens with zero attached hydrogens (tertiary/aromatic N) is 3. The van der Waals surface area contributed by atoms with Crippen LogP contribution in [-0.2, 0) is 0 Å². The largest absolute Gasteiger partial charge is 0.497 e. The number of methoxy groups -OCH3 is 2. The van der Waals surface area contributed by atoms with Crippen LogP contribution in [-0.4, -0.2) is 37.3 Å². The van der Waals surface area contributed by atoms with Crippen molar-refractivity contribution in [3.05, 3.63) is 54.3 Å². The monoisotopic (exact) mass is 411 g/mol. The van der Waals surface area contributed by atoms with E-state index < -0.39 is 5.82 Å². The number of hydrogen-bond acceptors (Lipinski definition) is 7. The third-order valence-electron chi connectivity index (χ3n) is 4.57. The van der Waals surface area contributed by atoms with Crippen molar-refractivity contribution in [3.63, 3.8) is 0 Å². The Labute approximate surface area is 175 Å². The first kappa shape index (κ1) is 21.2. The third kappa shape index (κ3) is 5.08. The minimum Gasteiger partial charge on any atom is -0.497 e. The van der Waals surface area contributed by atoms with Crippen LogP contribution in [0, 0.1) is 5.82 Å². The fraction of sp³-hybridized carbons (Fsp3) is 0.273. The van der Waals surface area contributed by atoms with Crippen molar-refractivity contribution in [1.29, 1.82) is 0 Å². The number of rotatable bonds is 9. The lowest BCUT2D eigenvalue weighted by atomic mass is 10.3. The van der Waals surface area contributed by atoms with Crippen molar-refractivity contribution in [3.8, 4) is 11.5 Å². The van der Waals surface area contributed by atoms with E-state index in [1.54, 1.807) is 19.2 Å². The van der Waals surface area contributed by atoms with Crippen molar-refractivity contribution in [2.75, 3.05) is 42.8 Å². The molecule has 1 aromatic heterocycles. The Morgan fingerprint density at radius 1 is 0.867 bits per heavy atom. The first-order chi connectivity index (χ1) is 14.6. The van der Waals surface area contributed by atoms with E-state index in [0.717, 1.165) is 30.3 Å². The zero-order valence-corrected chi connectivity index (χ0v) is 17.6. The minimum atomic E-state index is -0.447. The number of hydrogen-bond donors (Lipinski definition) is 2. The normalized spacial score (nSPS) is 10.4. The summed E-state index contributed by atoms with van der Waals surface area (Å²) in [5, 5.41) is 6.37. The molecule has 0 fully saturated rings. The Balaban J connectivity index is 1.91. The van der Waals surface area contributed by atoms with Crippen LogP contribution < -0.4 is 25.0 Å². The second kappa shape index (κ2) is 9.78. The molecule has 7 nitrogen and oxygen atoms in total. The molecule has 30 heavy (non-hydrogen) atoms. The van der Waals surface area contributed by atoms with Gasteiger partial charge in [0, 0.05) is 36.6 Å². The lowest BCUT2D eigenvalue weighted by molar-refractivity contribution is 0.386. The van der Waals surface area contributed by atoms with Gasteiger partial charge >= 0.3 is 0 Å². The molecule has 0 saturated carbocycles. The molecule has 0 unspecified atom stereocenters. The zero-order chi connectivity index (χ0) is 21.5. The van der Waals surface area contributed by atoms with E-state index in [1.165, 1.54) is 13.2 Å². The van der Waals surface area contributed by atoms with Crippen molar-refractivity contribution in [1.82, 2.24) is 9.97 Å². The number of aromatic nitrogens is 2. The van der Waals surface area contributed by atoms with Gasteiger partial charge in [-0.15, -0.1) is 0 Å². The maximum absolute atomic E-state index is 14.1. The summed E-state index contributed by atoms with van der Waals surface area (Å²) in [5.74, 6) is 2.25. The molecule has 3 rings (SSSR count). The second-order valence-corrected chi connectivity index (χ2v) is 6.44. The summed E-state index contributed by atoms with van der Waals surface area (Å²) in [6, 6.07) is 14.0. The Morgan fingerprint density at radius 2 is 1.57 bits per heavy atom. The number of halogens is 1. The fourth-order valence-corrected chi connectivity index (χ4v) is 2.96. The van der Waals surface area contributed by atoms with E-state index in [0.29, 0.717) is 17.5 Å². The van der Waals surface area contributed by atoms with Gasteiger partial charge in [0.1, 0.15) is 17.4 Å². The van der Waals surface area contributed by atoms with Gasteiger partial charge in [-0.3, -0.25) is 0 Å². The number of benzene rings is 2. The summed E-state index contributed by atoms with van der Waals surface area (Å²) in [4.78, 5) is 11.3. The molecule has 0 aliphatic carbocycles. The van der Waals surface area contributed by atoms with Crippen LogP contribution in [0.15, 0.2) is 48.5 Å². The average molecular weight is 411 g/mol. The van der Waals surface area contributed by atoms with Crippen LogP contribution in [0.25, 0.3) is 0 Å². The minimum absolute atomic E-state index is 0.189. The number of nitrogens with one attached hydrogen (secondary N) is 2. The summed E-state index contributed by atoms with van der Waals surface area (Å²) in [5.41, 5.74) is 1.39. The van der Waals surface area contributed by atoms with Crippen LogP contribution in [0.1, 0.15) is 13.8 Å². The zero-order valence-electron chi connectivity index (χ0n) is 17.6. The van der Waals surface area contributed by atoms with E-state index in [9.17, 15) is 4.39 Å². The van der Waals surface area contributed by atoms with Crippen LogP contribution in [0.2, 0.25) is 0 Å². The van der Waals surface area contributed by atoms with E-state index in [1.807, 2.05) is 30.3 Å². The lowest BCUT2D eigenvalue weighted by Crippen LogP contribution is -2.23. The lowest BCUT2D eigenvalue weighted by Gasteiger charge is -2.21. The summed E-state index contributed by atoms with van der Waals surface area (Å²) in [6.45, 7) is 5.72. The van der Waals surface area contributed by atoms with Gasteiger partial charge in [-0.05, 0) is 50.2 Å². The second-order valence-electron chi connectivity index (χ2n) is 6.44. The highest BCUT2D eigenvalue weighted by molar-refractivity contribution is 5.64. The van der Waals surface area contributed by atoms with Crippen molar-refractivity contribution in [2.24, 2.45) is 0 Å². The molecule has 1 heterocycles. The molecular formula is C22H26FN5O2.